The topological polar surface area (TPSA) is 126 Å². The number of para-hydroxylation sites is 1. The van der Waals surface area contributed by atoms with Crippen LogP contribution in [0.5, 0.6) is 11.8 Å². The number of hydrogen-bond donors (Lipinski definition) is 4. The molecule has 0 radical (unpaired) electrons. The van der Waals surface area contributed by atoms with Crippen molar-refractivity contribution in [2.24, 2.45) is 0 Å². The van der Waals surface area contributed by atoms with Crippen LogP contribution >= 0.6 is 0 Å². The third-order valence-corrected chi connectivity index (χ3v) is 4.87. The first-order valence-corrected chi connectivity index (χ1v) is 9.85. The second kappa shape index (κ2) is 9.17. The molecule has 0 aliphatic carbocycles. The summed E-state index contributed by atoms with van der Waals surface area (Å²) in [6, 6.07) is 17.8. The predicted molar refractivity (Wildman–Crippen MR) is 115 cm³/mol. The van der Waals surface area contributed by atoms with E-state index in [2.05, 4.69) is 10.3 Å². The van der Waals surface area contributed by atoms with Gasteiger partial charge in [-0.25, -0.2) is 9.59 Å². The fraction of sp³-hybridized carbons (Fsp3) is 0.130. The molecule has 0 saturated heterocycles. The van der Waals surface area contributed by atoms with Gasteiger partial charge < -0.3 is 30.1 Å². The molecule has 0 unspecified atom stereocenters. The summed E-state index contributed by atoms with van der Waals surface area (Å²) in [4.78, 5) is 33.5. The van der Waals surface area contributed by atoms with Crippen LogP contribution in [0.1, 0.15) is 11.1 Å². The van der Waals surface area contributed by atoms with Gasteiger partial charge in [-0.15, -0.1) is 4.73 Å². The number of aromatic hydroxyl groups is 2. The number of H-pyrrole nitrogens is 1. The van der Waals surface area contributed by atoms with Crippen molar-refractivity contribution in [3.05, 3.63) is 84.1 Å². The molecule has 9 nitrogen and oxygen atoms in total. The van der Waals surface area contributed by atoms with E-state index in [1.54, 1.807) is 6.20 Å². The van der Waals surface area contributed by atoms with Crippen molar-refractivity contribution in [1.82, 2.24) is 15.0 Å². The molecule has 4 aromatic rings. The van der Waals surface area contributed by atoms with E-state index < -0.39 is 29.9 Å². The molecule has 9 heteroatoms. The van der Waals surface area contributed by atoms with Gasteiger partial charge in [0.15, 0.2) is 0 Å². The highest BCUT2D eigenvalue weighted by Gasteiger charge is 2.27. The minimum atomic E-state index is -1.15. The second-order valence-electron chi connectivity index (χ2n) is 7.08. The van der Waals surface area contributed by atoms with Gasteiger partial charge in [0.2, 0.25) is 11.8 Å². The number of hydrogen-bond acceptors (Lipinski definition) is 6. The molecule has 164 valence electrons. The maximum atomic E-state index is 12.8. The molecule has 0 aliphatic heterocycles. The minimum Gasteiger partial charge on any atom is -0.492 e. The molecule has 4 rings (SSSR count). The molecule has 4 N–H and O–H groups in total. The van der Waals surface area contributed by atoms with Crippen LogP contribution in [0.4, 0.5) is 4.79 Å². The SMILES string of the molecule is O=C(N[C@@H](Cc1c[nH]c2ccccc12)C(=O)On1c(O)ccc1O)OCc1ccccc1. The Balaban J connectivity index is 1.51. The van der Waals surface area contributed by atoms with E-state index in [1.165, 1.54) is 12.1 Å². The zero-order valence-corrected chi connectivity index (χ0v) is 16.9. The van der Waals surface area contributed by atoms with Crippen molar-refractivity contribution in [2.45, 2.75) is 19.1 Å². The lowest BCUT2D eigenvalue weighted by Gasteiger charge is -2.18. The smallest absolute Gasteiger partial charge is 0.408 e. The monoisotopic (exact) mass is 435 g/mol. The Bertz CT molecular complexity index is 1210. The van der Waals surface area contributed by atoms with Crippen LogP contribution in [0, 0.1) is 0 Å². The lowest BCUT2D eigenvalue weighted by Crippen LogP contribution is -2.46. The largest absolute Gasteiger partial charge is 0.492 e. The first-order chi connectivity index (χ1) is 15.5. The number of fused-ring (bicyclic) bond motifs is 1. The van der Waals surface area contributed by atoms with Gasteiger partial charge in [0, 0.05) is 35.7 Å². The summed E-state index contributed by atoms with van der Waals surface area (Å²) in [6.45, 7) is 0.0285. The Morgan fingerprint density at radius 2 is 1.66 bits per heavy atom. The molecular formula is C23H21N3O6. The third-order valence-electron chi connectivity index (χ3n) is 4.87. The minimum absolute atomic E-state index is 0.0285. The summed E-state index contributed by atoms with van der Waals surface area (Å²) >= 11 is 0. The number of ether oxygens (including phenoxy) is 1. The van der Waals surface area contributed by atoms with Crippen molar-refractivity contribution in [1.29, 1.82) is 0 Å². The normalized spacial score (nSPS) is 11.8. The molecule has 0 bridgehead atoms. The Labute approximate surface area is 182 Å². The highest BCUT2D eigenvalue weighted by atomic mass is 16.7. The number of aromatic nitrogens is 2. The average molecular weight is 435 g/mol. The predicted octanol–water partition coefficient (Wildman–Crippen LogP) is 2.87. The molecule has 0 saturated carbocycles. The van der Waals surface area contributed by atoms with Crippen LogP contribution in [0.3, 0.4) is 0 Å². The highest BCUT2D eigenvalue weighted by Crippen LogP contribution is 2.21. The van der Waals surface area contributed by atoms with Crippen LogP contribution < -0.4 is 10.2 Å². The highest BCUT2D eigenvalue weighted by molar-refractivity contribution is 5.86. The van der Waals surface area contributed by atoms with E-state index >= 15 is 0 Å². The van der Waals surface area contributed by atoms with Crippen LogP contribution in [0.25, 0.3) is 10.9 Å². The lowest BCUT2D eigenvalue weighted by molar-refractivity contribution is -0.147. The van der Waals surface area contributed by atoms with Crippen LogP contribution in [0.2, 0.25) is 0 Å². The van der Waals surface area contributed by atoms with Crippen LogP contribution in [-0.4, -0.2) is 38.0 Å². The Kier molecular flexibility index (Phi) is 5.98. The Hall–Kier alpha value is -4.40. The van der Waals surface area contributed by atoms with Gasteiger partial charge in [-0.3, -0.25) is 0 Å². The molecule has 1 amide bonds. The van der Waals surface area contributed by atoms with Gasteiger partial charge >= 0.3 is 12.1 Å². The van der Waals surface area contributed by atoms with E-state index in [-0.39, 0.29) is 13.0 Å². The lowest BCUT2D eigenvalue weighted by atomic mass is 10.1. The van der Waals surface area contributed by atoms with E-state index in [4.69, 9.17) is 9.57 Å². The zero-order chi connectivity index (χ0) is 22.5. The first-order valence-electron chi connectivity index (χ1n) is 9.85. The van der Waals surface area contributed by atoms with Gasteiger partial charge in [0.05, 0.1) is 0 Å². The van der Waals surface area contributed by atoms with Gasteiger partial charge in [-0.2, -0.15) is 0 Å². The molecule has 32 heavy (non-hydrogen) atoms. The quantitative estimate of drug-likeness (QED) is 0.354. The summed E-state index contributed by atoms with van der Waals surface area (Å²) in [6.07, 6.45) is 1.02. The van der Waals surface area contributed by atoms with Crippen molar-refractivity contribution >= 4 is 23.0 Å². The number of rotatable bonds is 7. The summed E-state index contributed by atoms with van der Waals surface area (Å²) < 4.78 is 5.80. The number of aromatic amines is 1. The number of carbonyl (C=O) groups is 2. The molecule has 0 aliphatic rings. The fourth-order valence-electron chi connectivity index (χ4n) is 3.27. The number of alkyl carbamates (subject to hydrolysis) is 1. The molecular weight excluding hydrogens is 414 g/mol. The van der Waals surface area contributed by atoms with Crippen LogP contribution in [0.15, 0.2) is 72.9 Å². The Morgan fingerprint density at radius 3 is 2.41 bits per heavy atom. The van der Waals surface area contributed by atoms with Crippen molar-refractivity contribution in [3.8, 4) is 11.8 Å². The number of benzene rings is 2. The zero-order valence-electron chi connectivity index (χ0n) is 16.9. The van der Waals surface area contributed by atoms with Crippen LogP contribution in [-0.2, 0) is 22.6 Å². The van der Waals surface area contributed by atoms with E-state index in [0.29, 0.717) is 4.73 Å². The maximum Gasteiger partial charge on any atom is 0.408 e. The molecule has 0 fully saturated rings. The second-order valence-corrected chi connectivity index (χ2v) is 7.08. The number of amides is 1. The van der Waals surface area contributed by atoms with E-state index in [1.807, 2.05) is 54.6 Å². The van der Waals surface area contributed by atoms with Crippen molar-refractivity contribution < 1.29 is 29.4 Å². The van der Waals surface area contributed by atoms with E-state index in [0.717, 1.165) is 22.0 Å². The average Bonchev–Trinajstić information content (AvgIpc) is 3.36. The van der Waals surface area contributed by atoms with Crippen molar-refractivity contribution in [3.63, 3.8) is 0 Å². The van der Waals surface area contributed by atoms with Crippen molar-refractivity contribution in [2.75, 3.05) is 0 Å². The van der Waals surface area contributed by atoms with Gasteiger partial charge in [0.1, 0.15) is 12.6 Å². The number of carbonyl (C=O) groups excluding carboxylic acids is 2. The first kappa shape index (κ1) is 20.9. The van der Waals surface area contributed by atoms with Gasteiger partial charge in [0.25, 0.3) is 0 Å². The van der Waals surface area contributed by atoms with Gasteiger partial charge in [-0.05, 0) is 17.2 Å². The summed E-state index contributed by atoms with van der Waals surface area (Å²) in [5.41, 5.74) is 2.44. The maximum absolute atomic E-state index is 12.8. The summed E-state index contributed by atoms with van der Waals surface area (Å²) in [7, 11) is 0. The fourth-order valence-corrected chi connectivity index (χ4v) is 3.27. The third kappa shape index (κ3) is 4.67. The summed E-state index contributed by atoms with van der Waals surface area (Å²) in [5.74, 6) is -1.82. The number of nitrogens with one attached hydrogen (secondary N) is 2. The van der Waals surface area contributed by atoms with Gasteiger partial charge in [-0.1, -0.05) is 48.5 Å². The standard InChI is InChI=1S/C23H21N3O6/c27-20-10-11-21(28)26(20)32-22(29)19(12-16-13-24-18-9-5-4-8-17(16)18)25-23(30)31-14-15-6-2-1-3-7-15/h1-11,13,19,24,27-28H,12,14H2,(H,25,30)/t19-/m0/s1. The molecule has 1 atom stereocenters. The molecule has 2 heterocycles. The summed E-state index contributed by atoms with van der Waals surface area (Å²) in [5, 5.41) is 22.9. The molecule has 0 spiro atoms. The Morgan fingerprint density at radius 1 is 0.969 bits per heavy atom. The molecule has 2 aromatic heterocycles. The van der Waals surface area contributed by atoms with E-state index in [9.17, 15) is 19.8 Å². The number of nitrogens with zero attached hydrogens (tertiary/aromatic N) is 1. The molecule has 2 aromatic carbocycles.